The molecule has 0 spiro atoms. The number of hydrogen-bond acceptors (Lipinski definition) is 3. The van der Waals surface area contributed by atoms with Gasteiger partial charge in [-0.25, -0.2) is 4.39 Å². The average molecular weight is 379 g/mol. The van der Waals surface area contributed by atoms with E-state index in [0.29, 0.717) is 30.1 Å². The molecule has 0 radical (unpaired) electrons. The molecule has 0 saturated heterocycles. The molecule has 138 valence electrons. The van der Waals surface area contributed by atoms with Gasteiger partial charge in [0.1, 0.15) is 11.6 Å². The monoisotopic (exact) mass is 378 g/mol. The van der Waals surface area contributed by atoms with Gasteiger partial charge in [0.2, 0.25) is 0 Å². The summed E-state index contributed by atoms with van der Waals surface area (Å²) >= 11 is 5.66. The Morgan fingerprint density at radius 3 is 2.35 bits per heavy atom. The zero-order chi connectivity index (χ0) is 19.1. The van der Waals surface area contributed by atoms with Crippen LogP contribution in [0.3, 0.4) is 0 Å². The van der Waals surface area contributed by atoms with E-state index < -0.39 is 5.82 Å². The van der Waals surface area contributed by atoms with Crippen molar-refractivity contribution in [1.29, 1.82) is 0 Å². The fourth-order valence-electron chi connectivity index (χ4n) is 2.30. The molecule has 5 nitrogen and oxygen atoms in total. The number of nitrogens with zero attached hydrogens (tertiary/aromatic N) is 1. The van der Waals surface area contributed by atoms with Crippen LogP contribution in [0.15, 0.2) is 42.5 Å². The van der Waals surface area contributed by atoms with E-state index in [9.17, 15) is 14.0 Å². The maximum atomic E-state index is 13.1. The van der Waals surface area contributed by atoms with Crippen molar-refractivity contribution in [1.82, 2.24) is 4.90 Å². The van der Waals surface area contributed by atoms with Gasteiger partial charge in [0.25, 0.3) is 11.8 Å². The molecule has 0 aromatic heterocycles. The number of nitrogens with one attached hydrogen (secondary N) is 1. The van der Waals surface area contributed by atoms with E-state index in [2.05, 4.69) is 5.32 Å². The maximum Gasteiger partial charge on any atom is 0.262 e. The van der Waals surface area contributed by atoms with Gasteiger partial charge in [-0.3, -0.25) is 9.59 Å². The van der Waals surface area contributed by atoms with Gasteiger partial charge in [-0.05, 0) is 50.2 Å². The van der Waals surface area contributed by atoms with Crippen LogP contribution in [0.5, 0.6) is 5.75 Å². The lowest BCUT2D eigenvalue weighted by molar-refractivity contribution is -0.118. The zero-order valence-corrected chi connectivity index (χ0v) is 15.3. The molecule has 0 fully saturated rings. The highest BCUT2D eigenvalue weighted by molar-refractivity contribution is 6.30. The second kappa shape index (κ2) is 9.20. The fraction of sp³-hybridized carbons (Fsp3) is 0.263. The van der Waals surface area contributed by atoms with Crippen molar-refractivity contribution in [2.75, 3.05) is 25.0 Å². The molecule has 0 unspecified atom stereocenters. The highest BCUT2D eigenvalue weighted by Crippen LogP contribution is 2.21. The Labute approximate surface area is 156 Å². The first-order valence-electron chi connectivity index (χ1n) is 8.21. The normalized spacial score (nSPS) is 10.3. The lowest BCUT2D eigenvalue weighted by Gasteiger charge is -2.18. The summed E-state index contributed by atoms with van der Waals surface area (Å²) in [6, 6.07) is 10.5. The summed E-state index contributed by atoms with van der Waals surface area (Å²) in [6.45, 7) is 4.87. The smallest absolute Gasteiger partial charge is 0.262 e. The van der Waals surface area contributed by atoms with E-state index in [1.807, 2.05) is 13.8 Å². The van der Waals surface area contributed by atoms with Gasteiger partial charge in [-0.1, -0.05) is 11.6 Å². The Kier molecular flexibility index (Phi) is 6.97. The fourth-order valence-corrected chi connectivity index (χ4v) is 2.47. The molecule has 0 bridgehead atoms. The molecule has 0 heterocycles. The third kappa shape index (κ3) is 5.20. The molecule has 0 saturated carbocycles. The number of carbonyl (C=O) groups is 2. The predicted octanol–water partition coefficient (Wildman–Crippen LogP) is 3.98. The molecule has 26 heavy (non-hydrogen) atoms. The number of carbonyl (C=O) groups excluding carboxylic acids is 2. The van der Waals surface area contributed by atoms with E-state index in [-0.39, 0.29) is 23.4 Å². The number of hydrogen-bond donors (Lipinski definition) is 1. The topological polar surface area (TPSA) is 58.6 Å². The van der Waals surface area contributed by atoms with Crippen molar-refractivity contribution in [3.05, 3.63) is 58.9 Å². The molecule has 7 heteroatoms. The lowest BCUT2D eigenvalue weighted by atomic mass is 10.2. The Morgan fingerprint density at radius 2 is 1.77 bits per heavy atom. The largest absolute Gasteiger partial charge is 0.484 e. The first-order valence-corrected chi connectivity index (χ1v) is 8.59. The van der Waals surface area contributed by atoms with Crippen LogP contribution in [-0.4, -0.2) is 36.4 Å². The van der Waals surface area contributed by atoms with E-state index >= 15 is 0 Å². The molecule has 0 atom stereocenters. The Morgan fingerprint density at radius 1 is 1.12 bits per heavy atom. The number of rotatable bonds is 7. The molecular formula is C19H20ClFN2O3. The van der Waals surface area contributed by atoms with E-state index in [1.165, 1.54) is 18.2 Å². The van der Waals surface area contributed by atoms with Crippen molar-refractivity contribution >= 4 is 29.1 Å². The molecule has 2 aromatic rings. The summed E-state index contributed by atoms with van der Waals surface area (Å²) < 4.78 is 18.4. The van der Waals surface area contributed by atoms with Crippen molar-refractivity contribution in [3.63, 3.8) is 0 Å². The standard InChI is InChI=1S/C19H20ClFN2O3/c1-3-23(4-2)19(25)13-5-7-14(8-6-13)22-18(24)12-26-15-9-10-17(21)16(20)11-15/h5-11H,3-4,12H2,1-2H3,(H,22,24). The summed E-state index contributed by atoms with van der Waals surface area (Å²) in [7, 11) is 0. The molecule has 2 rings (SSSR count). The second-order valence-corrected chi connectivity index (χ2v) is 5.87. The molecule has 0 aliphatic carbocycles. The summed E-state index contributed by atoms with van der Waals surface area (Å²) in [4.78, 5) is 25.9. The van der Waals surface area contributed by atoms with Crippen LogP contribution in [0.1, 0.15) is 24.2 Å². The Bertz CT molecular complexity index is 777. The SMILES string of the molecule is CCN(CC)C(=O)c1ccc(NC(=O)COc2ccc(F)c(Cl)c2)cc1. The summed E-state index contributed by atoms with van der Waals surface area (Å²) in [6.07, 6.45) is 0. The maximum absolute atomic E-state index is 13.1. The second-order valence-electron chi connectivity index (χ2n) is 5.47. The molecular weight excluding hydrogens is 359 g/mol. The van der Waals surface area contributed by atoms with Crippen LogP contribution in [0.2, 0.25) is 5.02 Å². The van der Waals surface area contributed by atoms with E-state index in [4.69, 9.17) is 16.3 Å². The third-order valence-corrected chi connectivity index (χ3v) is 4.02. The number of anilines is 1. The predicted molar refractivity (Wildman–Crippen MR) is 99.2 cm³/mol. The van der Waals surface area contributed by atoms with Crippen LogP contribution in [0, 0.1) is 5.82 Å². The molecule has 0 aliphatic heterocycles. The van der Waals surface area contributed by atoms with Crippen molar-refractivity contribution in [2.45, 2.75) is 13.8 Å². The highest BCUT2D eigenvalue weighted by atomic mass is 35.5. The molecule has 1 N–H and O–H groups in total. The molecule has 2 aromatic carbocycles. The van der Waals surface area contributed by atoms with Crippen LogP contribution < -0.4 is 10.1 Å². The number of halogens is 2. The molecule has 0 aliphatic rings. The van der Waals surface area contributed by atoms with Crippen molar-refractivity contribution < 1.29 is 18.7 Å². The van der Waals surface area contributed by atoms with E-state index in [0.717, 1.165) is 0 Å². The first kappa shape index (κ1) is 19.7. The van der Waals surface area contributed by atoms with Gasteiger partial charge in [-0.2, -0.15) is 0 Å². The summed E-state index contributed by atoms with van der Waals surface area (Å²) in [5, 5.41) is 2.59. The van der Waals surface area contributed by atoms with Gasteiger partial charge < -0.3 is 15.0 Å². The van der Waals surface area contributed by atoms with Crippen LogP contribution in [0.25, 0.3) is 0 Å². The lowest BCUT2D eigenvalue weighted by Crippen LogP contribution is -2.30. The first-order chi connectivity index (χ1) is 12.4. The Balaban J connectivity index is 1.90. The van der Waals surface area contributed by atoms with Crippen LogP contribution in [0.4, 0.5) is 10.1 Å². The number of ether oxygens (including phenoxy) is 1. The van der Waals surface area contributed by atoms with Gasteiger partial charge in [0.15, 0.2) is 6.61 Å². The van der Waals surface area contributed by atoms with Crippen LogP contribution in [-0.2, 0) is 4.79 Å². The van der Waals surface area contributed by atoms with Crippen molar-refractivity contribution in [2.24, 2.45) is 0 Å². The third-order valence-electron chi connectivity index (χ3n) is 3.73. The molecule has 2 amide bonds. The van der Waals surface area contributed by atoms with E-state index in [1.54, 1.807) is 29.2 Å². The Hall–Kier alpha value is -2.60. The summed E-state index contributed by atoms with van der Waals surface area (Å²) in [5.41, 5.74) is 1.11. The minimum absolute atomic E-state index is 0.0515. The minimum atomic E-state index is -0.553. The minimum Gasteiger partial charge on any atom is -0.484 e. The average Bonchev–Trinajstić information content (AvgIpc) is 2.64. The number of benzene rings is 2. The van der Waals surface area contributed by atoms with Crippen LogP contribution >= 0.6 is 11.6 Å². The van der Waals surface area contributed by atoms with Gasteiger partial charge in [0.05, 0.1) is 5.02 Å². The highest BCUT2D eigenvalue weighted by Gasteiger charge is 2.12. The van der Waals surface area contributed by atoms with Gasteiger partial charge >= 0.3 is 0 Å². The van der Waals surface area contributed by atoms with Gasteiger partial charge in [-0.15, -0.1) is 0 Å². The summed E-state index contributed by atoms with van der Waals surface area (Å²) in [5.74, 6) is -0.688. The zero-order valence-electron chi connectivity index (χ0n) is 14.6. The van der Waals surface area contributed by atoms with Crippen molar-refractivity contribution in [3.8, 4) is 5.75 Å². The van der Waals surface area contributed by atoms with Gasteiger partial charge in [0, 0.05) is 30.4 Å². The number of amides is 2. The quantitative estimate of drug-likeness (QED) is 0.792.